The fourth-order valence-electron chi connectivity index (χ4n) is 2.13. The number of morpholine rings is 1. The van der Waals surface area contributed by atoms with Crippen LogP contribution in [0.15, 0.2) is 36.0 Å². The molecule has 2 rings (SSSR count). The van der Waals surface area contributed by atoms with E-state index in [1.807, 2.05) is 18.2 Å². The first-order chi connectivity index (χ1) is 10.7. The molecule has 2 N–H and O–H groups in total. The smallest absolute Gasteiger partial charge is 0.266 e. The van der Waals surface area contributed by atoms with Crippen molar-refractivity contribution in [2.45, 2.75) is 6.42 Å². The van der Waals surface area contributed by atoms with Gasteiger partial charge < -0.3 is 20.1 Å². The highest BCUT2D eigenvalue weighted by atomic mass is 16.5. The van der Waals surface area contributed by atoms with Crippen LogP contribution in [-0.4, -0.2) is 48.8 Å². The molecule has 6 nitrogen and oxygen atoms in total. The van der Waals surface area contributed by atoms with Crippen molar-refractivity contribution in [2.75, 3.05) is 32.8 Å². The van der Waals surface area contributed by atoms with Gasteiger partial charge in [0, 0.05) is 25.8 Å². The van der Waals surface area contributed by atoms with E-state index in [-0.39, 0.29) is 17.2 Å². The minimum absolute atomic E-state index is 0.104. The lowest BCUT2D eigenvalue weighted by atomic mass is 10.1. The summed E-state index contributed by atoms with van der Waals surface area (Å²) in [7, 11) is 0. The number of benzene rings is 1. The molecular formula is C16H19N3O3. The van der Waals surface area contributed by atoms with Crippen molar-refractivity contribution in [3.05, 3.63) is 41.6 Å². The second-order valence-corrected chi connectivity index (χ2v) is 4.94. The molecule has 1 aromatic carbocycles. The van der Waals surface area contributed by atoms with Crippen molar-refractivity contribution in [1.82, 2.24) is 10.2 Å². The second-order valence-electron chi connectivity index (χ2n) is 4.94. The molecule has 0 aromatic heterocycles. The van der Waals surface area contributed by atoms with Crippen molar-refractivity contribution in [1.29, 1.82) is 5.26 Å². The fourth-order valence-corrected chi connectivity index (χ4v) is 2.13. The van der Waals surface area contributed by atoms with E-state index in [2.05, 4.69) is 5.32 Å². The zero-order chi connectivity index (χ0) is 15.8. The summed E-state index contributed by atoms with van der Waals surface area (Å²) >= 11 is 0. The number of carbonyl (C=O) groups is 1. The van der Waals surface area contributed by atoms with Crippen LogP contribution in [-0.2, 0) is 16.0 Å². The molecule has 1 saturated heterocycles. The number of phenolic OH excluding ortho intramolecular Hbond substituents is 1. The van der Waals surface area contributed by atoms with E-state index < -0.39 is 0 Å². The number of hydrogen-bond acceptors (Lipinski definition) is 5. The van der Waals surface area contributed by atoms with Gasteiger partial charge in [0.25, 0.3) is 5.91 Å². The zero-order valence-electron chi connectivity index (χ0n) is 12.3. The van der Waals surface area contributed by atoms with Crippen LogP contribution >= 0.6 is 0 Å². The quantitative estimate of drug-likeness (QED) is 0.477. The molecule has 6 heteroatoms. The number of carbonyl (C=O) groups excluding carboxylic acids is 1. The Morgan fingerprint density at radius 3 is 2.68 bits per heavy atom. The van der Waals surface area contributed by atoms with Gasteiger partial charge in [-0.2, -0.15) is 5.26 Å². The number of nitrogens with zero attached hydrogens (tertiary/aromatic N) is 2. The summed E-state index contributed by atoms with van der Waals surface area (Å²) in [5.74, 6) is -0.0255. The van der Waals surface area contributed by atoms with Crippen LogP contribution in [0.25, 0.3) is 0 Å². The van der Waals surface area contributed by atoms with Crippen molar-refractivity contribution in [3.63, 3.8) is 0 Å². The number of aromatic hydroxyl groups is 1. The van der Waals surface area contributed by atoms with Crippen molar-refractivity contribution >= 4 is 5.91 Å². The molecule has 22 heavy (non-hydrogen) atoms. The Morgan fingerprint density at radius 1 is 1.36 bits per heavy atom. The summed E-state index contributed by atoms with van der Waals surface area (Å²) in [6, 6.07) is 8.88. The molecule has 0 aliphatic carbocycles. The second kappa shape index (κ2) is 8.05. The highest BCUT2D eigenvalue weighted by molar-refractivity contribution is 5.97. The summed E-state index contributed by atoms with van der Waals surface area (Å²) in [4.78, 5) is 13.8. The minimum Gasteiger partial charge on any atom is -0.508 e. The molecule has 0 bridgehead atoms. The van der Waals surface area contributed by atoms with Crippen molar-refractivity contribution in [2.24, 2.45) is 0 Å². The Bertz CT molecular complexity index is 569. The van der Waals surface area contributed by atoms with Crippen LogP contribution in [0.1, 0.15) is 5.56 Å². The third-order valence-corrected chi connectivity index (χ3v) is 3.39. The third-order valence-electron chi connectivity index (χ3n) is 3.39. The van der Waals surface area contributed by atoms with Crippen LogP contribution in [0.3, 0.4) is 0 Å². The molecule has 116 valence electrons. The molecule has 1 aliphatic heterocycles. The number of nitriles is 1. The number of rotatable bonds is 5. The molecule has 0 radical (unpaired) electrons. The van der Waals surface area contributed by atoms with Crippen LogP contribution < -0.4 is 5.32 Å². The van der Waals surface area contributed by atoms with E-state index in [1.54, 1.807) is 17.0 Å². The van der Waals surface area contributed by atoms with E-state index in [0.29, 0.717) is 32.8 Å². The van der Waals surface area contributed by atoms with E-state index in [0.717, 1.165) is 12.0 Å². The van der Waals surface area contributed by atoms with Gasteiger partial charge in [0.15, 0.2) is 0 Å². The molecular weight excluding hydrogens is 282 g/mol. The Kier molecular flexibility index (Phi) is 5.81. The molecule has 0 atom stereocenters. The molecule has 1 amide bonds. The summed E-state index contributed by atoms with van der Waals surface area (Å²) in [5, 5.41) is 21.3. The predicted molar refractivity (Wildman–Crippen MR) is 80.9 cm³/mol. The van der Waals surface area contributed by atoms with Gasteiger partial charge in [-0.3, -0.25) is 4.79 Å². The lowest BCUT2D eigenvalue weighted by Crippen LogP contribution is -2.41. The summed E-state index contributed by atoms with van der Waals surface area (Å²) in [6.45, 7) is 2.67. The van der Waals surface area contributed by atoms with E-state index in [1.165, 1.54) is 6.20 Å². The maximum absolute atomic E-state index is 12.1. The van der Waals surface area contributed by atoms with E-state index in [4.69, 9.17) is 10.00 Å². The van der Waals surface area contributed by atoms with Crippen molar-refractivity contribution < 1.29 is 14.6 Å². The SMILES string of the molecule is N#C/C(=C/NCCc1ccc(O)cc1)C(=O)N1CCOCC1. The molecule has 1 fully saturated rings. The maximum atomic E-state index is 12.1. The minimum atomic E-state index is -0.261. The first kappa shape index (κ1) is 15.9. The highest BCUT2D eigenvalue weighted by Gasteiger charge is 2.20. The molecule has 1 heterocycles. The Labute approximate surface area is 129 Å². The predicted octanol–water partition coefficient (Wildman–Crippen LogP) is 0.791. The van der Waals surface area contributed by atoms with Gasteiger partial charge in [0.1, 0.15) is 17.4 Å². The van der Waals surface area contributed by atoms with Crippen molar-refractivity contribution in [3.8, 4) is 11.8 Å². The summed E-state index contributed by atoms with van der Waals surface area (Å²) in [6.07, 6.45) is 2.21. The Hall–Kier alpha value is -2.52. The summed E-state index contributed by atoms with van der Waals surface area (Å²) in [5.41, 5.74) is 1.17. The number of ether oxygens (including phenoxy) is 1. The number of phenols is 1. The Balaban J connectivity index is 1.83. The molecule has 0 saturated carbocycles. The van der Waals surface area contributed by atoms with Crippen LogP contribution in [0.4, 0.5) is 0 Å². The number of amides is 1. The fraction of sp³-hybridized carbons (Fsp3) is 0.375. The standard InChI is InChI=1S/C16H19N3O3/c17-11-14(16(21)19-7-9-22-10-8-19)12-18-6-5-13-1-3-15(20)4-2-13/h1-4,12,18,20H,5-10H2/b14-12-. The van der Waals surface area contributed by atoms with Crippen LogP contribution in [0, 0.1) is 11.3 Å². The largest absolute Gasteiger partial charge is 0.508 e. The van der Waals surface area contributed by atoms with E-state index in [9.17, 15) is 9.90 Å². The lowest BCUT2D eigenvalue weighted by Gasteiger charge is -2.26. The van der Waals surface area contributed by atoms with E-state index >= 15 is 0 Å². The van der Waals surface area contributed by atoms with Gasteiger partial charge in [0.2, 0.25) is 0 Å². The molecule has 0 spiro atoms. The maximum Gasteiger partial charge on any atom is 0.266 e. The summed E-state index contributed by atoms with van der Waals surface area (Å²) < 4.78 is 5.19. The number of hydrogen-bond donors (Lipinski definition) is 2. The van der Waals surface area contributed by atoms with Crippen LogP contribution in [0.5, 0.6) is 5.75 Å². The normalized spacial score (nSPS) is 15.2. The molecule has 0 unspecified atom stereocenters. The van der Waals surface area contributed by atoms with Gasteiger partial charge in [-0.05, 0) is 24.1 Å². The topological polar surface area (TPSA) is 85.6 Å². The molecule has 1 aromatic rings. The van der Waals surface area contributed by atoms with Gasteiger partial charge in [0.05, 0.1) is 13.2 Å². The zero-order valence-corrected chi connectivity index (χ0v) is 12.3. The first-order valence-electron chi connectivity index (χ1n) is 7.19. The number of nitrogens with one attached hydrogen (secondary N) is 1. The Morgan fingerprint density at radius 2 is 2.05 bits per heavy atom. The van der Waals surface area contributed by atoms with Gasteiger partial charge in [-0.1, -0.05) is 12.1 Å². The average molecular weight is 301 g/mol. The average Bonchev–Trinajstić information content (AvgIpc) is 2.57. The molecule has 1 aliphatic rings. The van der Waals surface area contributed by atoms with Crippen LogP contribution in [0.2, 0.25) is 0 Å². The van der Waals surface area contributed by atoms with Gasteiger partial charge in [-0.25, -0.2) is 0 Å². The van der Waals surface area contributed by atoms with Gasteiger partial charge in [-0.15, -0.1) is 0 Å². The third kappa shape index (κ3) is 4.50. The van der Waals surface area contributed by atoms with Gasteiger partial charge >= 0.3 is 0 Å². The monoisotopic (exact) mass is 301 g/mol. The highest BCUT2D eigenvalue weighted by Crippen LogP contribution is 2.09. The lowest BCUT2D eigenvalue weighted by molar-refractivity contribution is -0.130. The first-order valence-corrected chi connectivity index (χ1v) is 7.19.